The monoisotopic (exact) mass is 307 g/mol. The Morgan fingerprint density at radius 1 is 1.18 bits per heavy atom. The molecule has 3 heteroatoms. The molecule has 0 aliphatic heterocycles. The van der Waals surface area contributed by atoms with E-state index in [-0.39, 0.29) is 5.60 Å². The first kappa shape index (κ1) is 19.1. The van der Waals surface area contributed by atoms with Crippen molar-refractivity contribution < 1.29 is 9.84 Å². The number of benzene rings is 1. The van der Waals surface area contributed by atoms with Crippen molar-refractivity contribution in [3.8, 4) is 0 Å². The number of ether oxygens (including phenoxy) is 1. The van der Waals surface area contributed by atoms with Gasteiger partial charge in [-0.25, -0.2) is 0 Å². The van der Waals surface area contributed by atoms with Crippen LogP contribution in [-0.4, -0.2) is 40.9 Å². The summed E-state index contributed by atoms with van der Waals surface area (Å²) in [6.07, 6.45) is -0.465. The average Bonchev–Trinajstić information content (AvgIpc) is 2.37. The highest BCUT2D eigenvalue weighted by atomic mass is 16.5. The minimum atomic E-state index is -0.465. The summed E-state index contributed by atoms with van der Waals surface area (Å²) in [6.45, 7) is 16.5. The largest absolute Gasteiger partial charge is 0.389 e. The van der Waals surface area contributed by atoms with Crippen LogP contribution in [0.5, 0.6) is 0 Å². The Labute approximate surface area is 136 Å². The predicted molar refractivity (Wildman–Crippen MR) is 93.2 cm³/mol. The maximum absolute atomic E-state index is 10.3. The molecule has 0 saturated carbocycles. The van der Waals surface area contributed by atoms with Gasteiger partial charge in [0.25, 0.3) is 0 Å². The van der Waals surface area contributed by atoms with Gasteiger partial charge in [-0.2, -0.15) is 0 Å². The summed E-state index contributed by atoms with van der Waals surface area (Å²) in [4.78, 5) is 2.30. The standard InChI is InChI=1S/C19H33NO2/c1-14(2)20(12-18(21)13-22-19(5,6)7)11-17-9-8-15(3)10-16(17)4/h8-10,14,18,21H,11-13H2,1-7H3. The smallest absolute Gasteiger partial charge is 0.0900 e. The Bertz CT molecular complexity index is 463. The van der Waals surface area contributed by atoms with Gasteiger partial charge in [0.05, 0.1) is 18.3 Å². The molecule has 0 heterocycles. The SMILES string of the molecule is Cc1ccc(CN(CC(O)COC(C)(C)C)C(C)C)c(C)c1. The number of aliphatic hydroxyl groups is 1. The molecule has 1 rings (SSSR count). The molecule has 22 heavy (non-hydrogen) atoms. The number of nitrogens with zero attached hydrogens (tertiary/aromatic N) is 1. The van der Waals surface area contributed by atoms with E-state index in [0.29, 0.717) is 19.2 Å². The van der Waals surface area contributed by atoms with Gasteiger partial charge in [0.1, 0.15) is 0 Å². The molecule has 0 aliphatic carbocycles. The van der Waals surface area contributed by atoms with Crippen LogP contribution in [0, 0.1) is 13.8 Å². The lowest BCUT2D eigenvalue weighted by molar-refractivity contribution is -0.0587. The van der Waals surface area contributed by atoms with Crippen LogP contribution < -0.4 is 0 Å². The van der Waals surface area contributed by atoms with E-state index in [1.807, 2.05) is 20.8 Å². The molecule has 1 atom stereocenters. The molecule has 0 radical (unpaired) electrons. The van der Waals surface area contributed by atoms with Crippen molar-refractivity contribution in [2.75, 3.05) is 13.2 Å². The maximum Gasteiger partial charge on any atom is 0.0900 e. The first-order chi connectivity index (χ1) is 10.1. The summed E-state index contributed by atoms with van der Waals surface area (Å²) in [7, 11) is 0. The van der Waals surface area contributed by atoms with Gasteiger partial charge in [-0.3, -0.25) is 4.90 Å². The van der Waals surface area contributed by atoms with E-state index in [9.17, 15) is 5.11 Å². The molecule has 0 aliphatic rings. The topological polar surface area (TPSA) is 32.7 Å². The highest BCUT2D eigenvalue weighted by molar-refractivity contribution is 5.30. The minimum absolute atomic E-state index is 0.211. The Kier molecular flexibility index (Phi) is 7.04. The van der Waals surface area contributed by atoms with Crippen molar-refractivity contribution >= 4 is 0 Å². The highest BCUT2D eigenvalue weighted by Crippen LogP contribution is 2.16. The van der Waals surface area contributed by atoms with Crippen LogP contribution in [0.3, 0.4) is 0 Å². The van der Waals surface area contributed by atoms with E-state index < -0.39 is 6.10 Å². The summed E-state index contributed by atoms with van der Waals surface area (Å²) >= 11 is 0. The van der Waals surface area contributed by atoms with Crippen molar-refractivity contribution in [3.05, 3.63) is 34.9 Å². The summed E-state index contributed by atoms with van der Waals surface area (Å²) in [5, 5.41) is 10.3. The van der Waals surface area contributed by atoms with E-state index in [0.717, 1.165) is 6.54 Å². The lowest BCUT2D eigenvalue weighted by atomic mass is 10.0. The van der Waals surface area contributed by atoms with Gasteiger partial charge < -0.3 is 9.84 Å². The Balaban J connectivity index is 2.65. The molecule has 3 nitrogen and oxygen atoms in total. The molecular formula is C19H33NO2. The van der Waals surface area contributed by atoms with E-state index in [1.165, 1.54) is 16.7 Å². The second-order valence-corrected chi connectivity index (χ2v) is 7.53. The van der Waals surface area contributed by atoms with Gasteiger partial charge in [0, 0.05) is 19.1 Å². The number of hydrogen-bond donors (Lipinski definition) is 1. The van der Waals surface area contributed by atoms with Gasteiger partial charge in [-0.15, -0.1) is 0 Å². The van der Waals surface area contributed by atoms with Crippen LogP contribution in [-0.2, 0) is 11.3 Å². The van der Waals surface area contributed by atoms with E-state index in [4.69, 9.17) is 4.74 Å². The number of aryl methyl sites for hydroxylation is 2. The van der Waals surface area contributed by atoms with Crippen LogP contribution in [0.4, 0.5) is 0 Å². The average molecular weight is 307 g/mol. The van der Waals surface area contributed by atoms with Crippen molar-refractivity contribution in [2.45, 2.75) is 72.8 Å². The molecule has 1 aromatic rings. The predicted octanol–water partition coefficient (Wildman–Crippen LogP) is 3.69. The van der Waals surface area contributed by atoms with Crippen molar-refractivity contribution in [2.24, 2.45) is 0 Å². The Morgan fingerprint density at radius 2 is 1.82 bits per heavy atom. The van der Waals surface area contributed by atoms with Crippen LogP contribution >= 0.6 is 0 Å². The lowest BCUT2D eigenvalue weighted by Gasteiger charge is -2.30. The normalized spacial score (nSPS) is 13.9. The number of rotatable bonds is 7. The first-order valence-corrected chi connectivity index (χ1v) is 8.20. The molecule has 0 amide bonds. The van der Waals surface area contributed by atoms with Crippen molar-refractivity contribution in [1.82, 2.24) is 4.90 Å². The van der Waals surface area contributed by atoms with Gasteiger partial charge in [0.2, 0.25) is 0 Å². The second kappa shape index (κ2) is 8.09. The summed E-state index contributed by atoms with van der Waals surface area (Å²) in [5.41, 5.74) is 3.71. The fourth-order valence-electron chi connectivity index (χ4n) is 2.37. The minimum Gasteiger partial charge on any atom is -0.389 e. The van der Waals surface area contributed by atoms with E-state index >= 15 is 0 Å². The molecule has 0 spiro atoms. The quantitative estimate of drug-likeness (QED) is 0.834. The van der Waals surface area contributed by atoms with Crippen LogP contribution in [0.1, 0.15) is 51.3 Å². The lowest BCUT2D eigenvalue weighted by Crippen LogP contribution is -2.40. The summed E-state index contributed by atoms with van der Waals surface area (Å²) in [5.74, 6) is 0. The van der Waals surface area contributed by atoms with E-state index in [2.05, 4.69) is 50.8 Å². The summed E-state index contributed by atoms with van der Waals surface area (Å²) in [6, 6.07) is 6.94. The van der Waals surface area contributed by atoms with Crippen LogP contribution in [0.25, 0.3) is 0 Å². The van der Waals surface area contributed by atoms with Gasteiger partial charge >= 0.3 is 0 Å². The second-order valence-electron chi connectivity index (χ2n) is 7.53. The third kappa shape index (κ3) is 6.91. The molecule has 1 aromatic carbocycles. The molecule has 0 bridgehead atoms. The fraction of sp³-hybridized carbons (Fsp3) is 0.684. The number of aliphatic hydroxyl groups excluding tert-OH is 1. The van der Waals surface area contributed by atoms with Crippen LogP contribution in [0.15, 0.2) is 18.2 Å². The zero-order chi connectivity index (χ0) is 16.9. The van der Waals surface area contributed by atoms with Gasteiger partial charge in [0.15, 0.2) is 0 Å². The summed E-state index contributed by atoms with van der Waals surface area (Å²) < 4.78 is 5.68. The van der Waals surface area contributed by atoms with Gasteiger partial charge in [-0.05, 0) is 59.6 Å². The Morgan fingerprint density at radius 3 is 2.32 bits per heavy atom. The molecular weight excluding hydrogens is 274 g/mol. The maximum atomic E-state index is 10.3. The molecule has 0 aromatic heterocycles. The zero-order valence-electron chi connectivity index (χ0n) is 15.3. The molecule has 1 N–H and O–H groups in total. The van der Waals surface area contributed by atoms with Crippen molar-refractivity contribution in [3.63, 3.8) is 0 Å². The third-order valence-corrected chi connectivity index (χ3v) is 3.76. The molecule has 0 saturated heterocycles. The number of hydrogen-bond acceptors (Lipinski definition) is 3. The van der Waals surface area contributed by atoms with Crippen molar-refractivity contribution in [1.29, 1.82) is 0 Å². The molecule has 0 fully saturated rings. The van der Waals surface area contributed by atoms with Gasteiger partial charge in [-0.1, -0.05) is 23.8 Å². The van der Waals surface area contributed by atoms with Crippen LogP contribution in [0.2, 0.25) is 0 Å². The third-order valence-electron chi connectivity index (χ3n) is 3.76. The highest BCUT2D eigenvalue weighted by Gasteiger charge is 2.19. The Hall–Kier alpha value is -0.900. The molecule has 126 valence electrons. The fourth-order valence-corrected chi connectivity index (χ4v) is 2.37. The first-order valence-electron chi connectivity index (χ1n) is 8.20. The zero-order valence-corrected chi connectivity index (χ0v) is 15.3. The molecule has 1 unspecified atom stereocenters. The van der Waals surface area contributed by atoms with E-state index in [1.54, 1.807) is 0 Å².